The summed E-state index contributed by atoms with van der Waals surface area (Å²) < 4.78 is 8.27. The molecule has 0 saturated carbocycles. The van der Waals surface area contributed by atoms with Crippen molar-refractivity contribution in [3.05, 3.63) is 57.7 Å². The smallest absolute Gasteiger partial charge is 0.234 e. The molecule has 0 atom stereocenters. The molecular weight excluding hydrogens is 452 g/mol. The summed E-state index contributed by atoms with van der Waals surface area (Å²) in [4.78, 5) is 12.3. The average Bonchev–Trinajstić information content (AvgIpc) is 3.26. The molecule has 0 saturated heterocycles. The molecule has 1 amide bonds. The standard InChI is InChI=1S/C18H18BrClN4O2S/c1-11(2)17-22-23-18(24(17)9-13-4-3-7-26-13)27-10-16(25)21-15-6-5-12(19)8-14(15)20/h3-8,11H,9-10H2,1-2H3,(H,21,25). The highest BCUT2D eigenvalue weighted by Crippen LogP contribution is 2.27. The Hall–Kier alpha value is -1.77. The van der Waals surface area contributed by atoms with E-state index in [0.29, 0.717) is 22.4 Å². The molecule has 9 heteroatoms. The minimum atomic E-state index is -0.164. The number of rotatable bonds is 7. The van der Waals surface area contributed by atoms with Gasteiger partial charge in [0.2, 0.25) is 5.91 Å². The van der Waals surface area contributed by atoms with E-state index in [4.69, 9.17) is 16.0 Å². The Balaban J connectivity index is 1.69. The number of nitrogens with one attached hydrogen (secondary N) is 1. The molecule has 0 aliphatic rings. The van der Waals surface area contributed by atoms with Crippen molar-refractivity contribution in [1.29, 1.82) is 0 Å². The van der Waals surface area contributed by atoms with Crippen LogP contribution in [-0.2, 0) is 11.3 Å². The van der Waals surface area contributed by atoms with Gasteiger partial charge in [0.1, 0.15) is 11.6 Å². The highest BCUT2D eigenvalue weighted by Gasteiger charge is 2.18. The quantitative estimate of drug-likeness (QED) is 0.482. The number of furan rings is 1. The lowest BCUT2D eigenvalue weighted by atomic mass is 10.2. The summed E-state index contributed by atoms with van der Waals surface area (Å²) in [6.07, 6.45) is 1.64. The molecule has 0 radical (unpaired) electrons. The number of amides is 1. The number of hydrogen-bond acceptors (Lipinski definition) is 5. The Kier molecular flexibility index (Phi) is 6.62. The lowest BCUT2D eigenvalue weighted by molar-refractivity contribution is -0.113. The van der Waals surface area contributed by atoms with Crippen LogP contribution in [0, 0.1) is 0 Å². The molecule has 0 bridgehead atoms. The van der Waals surface area contributed by atoms with Crippen LogP contribution in [0.1, 0.15) is 31.4 Å². The topological polar surface area (TPSA) is 73.0 Å². The molecule has 2 heterocycles. The van der Waals surface area contributed by atoms with Gasteiger partial charge in [0.05, 0.1) is 29.3 Å². The van der Waals surface area contributed by atoms with Gasteiger partial charge in [0.25, 0.3) is 0 Å². The summed E-state index contributed by atoms with van der Waals surface area (Å²) in [5, 5.41) is 12.5. The molecule has 3 aromatic rings. The Bertz CT molecular complexity index is 928. The summed E-state index contributed by atoms with van der Waals surface area (Å²) in [7, 11) is 0. The zero-order valence-corrected chi connectivity index (χ0v) is 17.9. The van der Waals surface area contributed by atoms with Crippen LogP contribution in [0.25, 0.3) is 0 Å². The number of benzene rings is 1. The highest BCUT2D eigenvalue weighted by atomic mass is 79.9. The number of aromatic nitrogens is 3. The predicted molar refractivity (Wildman–Crippen MR) is 110 cm³/mol. The minimum Gasteiger partial charge on any atom is -0.467 e. The van der Waals surface area contributed by atoms with Crippen LogP contribution in [0.3, 0.4) is 0 Å². The van der Waals surface area contributed by atoms with Crippen LogP contribution < -0.4 is 5.32 Å². The third kappa shape index (κ3) is 5.15. The molecule has 6 nitrogen and oxygen atoms in total. The van der Waals surface area contributed by atoms with Gasteiger partial charge >= 0.3 is 0 Å². The molecular formula is C18H18BrClN4O2S. The molecule has 0 aliphatic heterocycles. The number of nitrogens with zero attached hydrogens (tertiary/aromatic N) is 3. The Labute approximate surface area is 174 Å². The van der Waals surface area contributed by atoms with Crippen molar-refractivity contribution in [2.45, 2.75) is 31.5 Å². The summed E-state index contributed by atoms with van der Waals surface area (Å²) in [5.74, 6) is 1.90. The summed E-state index contributed by atoms with van der Waals surface area (Å²) >= 11 is 10.8. The number of anilines is 1. The molecule has 27 heavy (non-hydrogen) atoms. The number of thioether (sulfide) groups is 1. The van der Waals surface area contributed by atoms with E-state index in [1.807, 2.05) is 22.8 Å². The summed E-state index contributed by atoms with van der Waals surface area (Å²) in [5.41, 5.74) is 0.574. The Morgan fingerprint density at radius 1 is 1.37 bits per heavy atom. The first kappa shape index (κ1) is 20.0. The normalized spacial score (nSPS) is 11.1. The van der Waals surface area contributed by atoms with Crippen LogP contribution in [0.15, 0.2) is 50.6 Å². The number of carbonyl (C=O) groups excluding carboxylic acids is 1. The maximum Gasteiger partial charge on any atom is 0.234 e. The van der Waals surface area contributed by atoms with Crippen LogP contribution >= 0.6 is 39.3 Å². The van der Waals surface area contributed by atoms with E-state index in [-0.39, 0.29) is 17.6 Å². The van der Waals surface area contributed by atoms with Gasteiger partial charge in [-0.1, -0.05) is 53.1 Å². The van der Waals surface area contributed by atoms with Crippen molar-refractivity contribution in [2.75, 3.05) is 11.1 Å². The van der Waals surface area contributed by atoms with Crippen LogP contribution in [0.4, 0.5) is 5.69 Å². The summed E-state index contributed by atoms with van der Waals surface area (Å²) in [6, 6.07) is 9.06. The lowest BCUT2D eigenvalue weighted by Crippen LogP contribution is -2.15. The maximum absolute atomic E-state index is 12.3. The molecule has 0 unspecified atom stereocenters. The third-order valence-corrected chi connectivity index (χ3v) is 5.47. The van der Waals surface area contributed by atoms with Crippen LogP contribution in [0.5, 0.6) is 0 Å². The van der Waals surface area contributed by atoms with Gasteiger partial charge in [-0.2, -0.15) is 0 Å². The number of hydrogen-bond donors (Lipinski definition) is 1. The minimum absolute atomic E-state index is 0.164. The number of halogens is 2. The van der Waals surface area contributed by atoms with E-state index in [0.717, 1.165) is 16.1 Å². The zero-order valence-electron chi connectivity index (χ0n) is 14.8. The van der Waals surface area contributed by atoms with Crippen molar-refractivity contribution in [3.63, 3.8) is 0 Å². The third-order valence-electron chi connectivity index (χ3n) is 3.69. The van der Waals surface area contributed by atoms with Crippen molar-refractivity contribution >= 4 is 50.9 Å². The van der Waals surface area contributed by atoms with E-state index in [1.54, 1.807) is 18.4 Å². The average molecular weight is 470 g/mol. The van der Waals surface area contributed by atoms with E-state index in [2.05, 4.69) is 45.3 Å². The second kappa shape index (κ2) is 8.95. The monoisotopic (exact) mass is 468 g/mol. The lowest BCUT2D eigenvalue weighted by Gasteiger charge is -2.11. The van der Waals surface area contributed by atoms with Gasteiger partial charge in [-0.25, -0.2) is 0 Å². The molecule has 0 fully saturated rings. The van der Waals surface area contributed by atoms with E-state index < -0.39 is 0 Å². The van der Waals surface area contributed by atoms with Crippen LogP contribution in [-0.4, -0.2) is 26.4 Å². The van der Waals surface area contributed by atoms with Crippen molar-refractivity contribution < 1.29 is 9.21 Å². The SMILES string of the molecule is CC(C)c1nnc(SCC(=O)Nc2ccc(Br)cc2Cl)n1Cc1ccco1. The first-order valence-corrected chi connectivity index (χ1v) is 10.4. The van der Waals surface area contributed by atoms with Gasteiger partial charge < -0.3 is 9.73 Å². The van der Waals surface area contributed by atoms with E-state index >= 15 is 0 Å². The largest absolute Gasteiger partial charge is 0.467 e. The van der Waals surface area contributed by atoms with Gasteiger partial charge in [0.15, 0.2) is 5.16 Å². The molecule has 0 spiro atoms. The molecule has 1 N–H and O–H groups in total. The molecule has 2 aromatic heterocycles. The number of carbonyl (C=O) groups is 1. The first-order chi connectivity index (χ1) is 12.9. The molecule has 3 rings (SSSR count). The highest BCUT2D eigenvalue weighted by molar-refractivity contribution is 9.10. The van der Waals surface area contributed by atoms with Crippen LogP contribution in [0.2, 0.25) is 5.02 Å². The first-order valence-electron chi connectivity index (χ1n) is 8.27. The molecule has 142 valence electrons. The van der Waals surface area contributed by atoms with Gasteiger partial charge in [-0.15, -0.1) is 10.2 Å². The van der Waals surface area contributed by atoms with E-state index in [9.17, 15) is 4.79 Å². The van der Waals surface area contributed by atoms with Crippen molar-refractivity contribution in [1.82, 2.24) is 14.8 Å². The molecule has 1 aromatic carbocycles. The summed E-state index contributed by atoms with van der Waals surface area (Å²) in [6.45, 7) is 4.63. The second-order valence-corrected chi connectivity index (χ2v) is 8.39. The maximum atomic E-state index is 12.3. The fourth-order valence-electron chi connectivity index (χ4n) is 2.45. The molecule has 0 aliphatic carbocycles. The second-order valence-electron chi connectivity index (χ2n) is 6.12. The van der Waals surface area contributed by atoms with Gasteiger partial charge in [0, 0.05) is 10.4 Å². The fourth-order valence-corrected chi connectivity index (χ4v) is 3.91. The van der Waals surface area contributed by atoms with Crippen molar-refractivity contribution in [2.24, 2.45) is 0 Å². The Morgan fingerprint density at radius 2 is 2.19 bits per heavy atom. The van der Waals surface area contributed by atoms with Crippen molar-refractivity contribution in [3.8, 4) is 0 Å². The predicted octanol–water partition coefficient (Wildman–Crippen LogP) is 5.19. The van der Waals surface area contributed by atoms with Gasteiger partial charge in [-0.05, 0) is 30.3 Å². The van der Waals surface area contributed by atoms with Gasteiger partial charge in [-0.3, -0.25) is 9.36 Å². The Morgan fingerprint density at radius 3 is 2.85 bits per heavy atom. The zero-order chi connectivity index (χ0) is 19.4. The fraction of sp³-hybridized carbons (Fsp3) is 0.278. The van der Waals surface area contributed by atoms with E-state index in [1.165, 1.54) is 11.8 Å².